The first-order valence-corrected chi connectivity index (χ1v) is 13.6. The highest BCUT2D eigenvalue weighted by Crippen LogP contribution is 2.68. The van der Waals surface area contributed by atoms with E-state index in [0.29, 0.717) is 10.8 Å². The van der Waals surface area contributed by atoms with Crippen molar-refractivity contribution in [2.24, 2.45) is 58.2 Å². The normalized spacial score (nSPS) is 48.3. The van der Waals surface area contributed by atoms with Crippen molar-refractivity contribution in [1.82, 2.24) is 0 Å². The molecule has 4 aliphatic rings. The molecule has 0 radical (unpaired) electrons. The predicted octanol–water partition coefficient (Wildman–Crippen LogP) is 7.88. The van der Waals surface area contributed by atoms with Crippen LogP contribution in [0, 0.1) is 58.2 Å². The van der Waals surface area contributed by atoms with Crippen molar-refractivity contribution >= 4 is 0 Å². The van der Waals surface area contributed by atoms with Gasteiger partial charge in [-0.15, -0.1) is 0 Å². The number of hydrogen-bond acceptors (Lipinski definition) is 1. The lowest BCUT2D eigenvalue weighted by Gasteiger charge is -2.61. The standard InChI is InChI=1S/C29H50O/c1-7-21(19(2)3)9-8-20(4)25-12-13-26-24-11-10-22-18-23(30)14-16-28(22,5)27(24)15-17-29(25,26)6/h8-9,19-27,30H,7,10-18H2,1-6H3/t20-,21-,22?,23+,24?,25?,26?,27?,28+,29-/m1/s1. The zero-order valence-electron chi connectivity index (χ0n) is 20.9. The fourth-order valence-corrected chi connectivity index (χ4v) is 9.42. The predicted molar refractivity (Wildman–Crippen MR) is 128 cm³/mol. The molecule has 0 aromatic rings. The number of allylic oxidation sites excluding steroid dienone is 2. The highest BCUT2D eigenvalue weighted by Gasteiger charge is 2.60. The lowest BCUT2D eigenvalue weighted by molar-refractivity contribution is -0.128. The molecule has 30 heavy (non-hydrogen) atoms. The quantitative estimate of drug-likeness (QED) is 0.454. The fraction of sp³-hybridized carbons (Fsp3) is 0.931. The van der Waals surface area contributed by atoms with Crippen molar-refractivity contribution in [3.63, 3.8) is 0 Å². The molecule has 0 amide bonds. The molecule has 172 valence electrons. The van der Waals surface area contributed by atoms with Crippen LogP contribution in [0.4, 0.5) is 0 Å². The topological polar surface area (TPSA) is 20.2 Å². The van der Waals surface area contributed by atoms with Crippen LogP contribution in [0.2, 0.25) is 0 Å². The van der Waals surface area contributed by atoms with Gasteiger partial charge in [0.25, 0.3) is 0 Å². The highest BCUT2D eigenvalue weighted by atomic mass is 16.3. The molecule has 0 aliphatic heterocycles. The monoisotopic (exact) mass is 414 g/mol. The molecule has 0 spiro atoms. The van der Waals surface area contributed by atoms with Gasteiger partial charge in [-0.2, -0.15) is 0 Å². The van der Waals surface area contributed by atoms with Gasteiger partial charge < -0.3 is 5.11 Å². The first-order chi connectivity index (χ1) is 14.2. The minimum absolute atomic E-state index is 0.0187. The van der Waals surface area contributed by atoms with Gasteiger partial charge in [0.05, 0.1) is 6.10 Å². The minimum atomic E-state index is -0.0187. The van der Waals surface area contributed by atoms with Gasteiger partial charge in [0.2, 0.25) is 0 Å². The lowest BCUT2D eigenvalue weighted by atomic mass is 9.44. The van der Waals surface area contributed by atoms with Crippen LogP contribution in [-0.4, -0.2) is 11.2 Å². The Morgan fingerprint density at radius 2 is 1.57 bits per heavy atom. The van der Waals surface area contributed by atoms with Gasteiger partial charge in [-0.1, -0.05) is 53.7 Å². The van der Waals surface area contributed by atoms with E-state index in [1.54, 1.807) is 0 Å². The van der Waals surface area contributed by atoms with Crippen molar-refractivity contribution in [1.29, 1.82) is 0 Å². The third-order valence-electron chi connectivity index (χ3n) is 11.3. The summed E-state index contributed by atoms with van der Waals surface area (Å²) in [6.45, 7) is 14.9. The lowest BCUT2D eigenvalue weighted by Crippen LogP contribution is -2.54. The molecule has 1 N–H and O–H groups in total. The summed E-state index contributed by atoms with van der Waals surface area (Å²) in [6, 6.07) is 0. The van der Waals surface area contributed by atoms with E-state index in [-0.39, 0.29) is 6.10 Å². The number of aliphatic hydroxyl groups excluding tert-OH is 1. The van der Waals surface area contributed by atoms with Crippen molar-refractivity contribution in [3.8, 4) is 0 Å². The zero-order valence-corrected chi connectivity index (χ0v) is 20.9. The molecule has 5 unspecified atom stereocenters. The van der Waals surface area contributed by atoms with Crippen LogP contribution in [0.3, 0.4) is 0 Å². The van der Waals surface area contributed by atoms with Gasteiger partial charge in [0.15, 0.2) is 0 Å². The summed E-state index contributed by atoms with van der Waals surface area (Å²) in [5.74, 6) is 6.72. The third-order valence-corrected chi connectivity index (χ3v) is 11.3. The van der Waals surface area contributed by atoms with Gasteiger partial charge in [0.1, 0.15) is 0 Å². The summed E-state index contributed by atoms with van der Waals surface area (Å²) in [5.41, 5.74) is 1.07. The molecule has 0 bridgehead atoms. The van der Waals surface area contributed by atoms with E-state index in [0.717, 1.165) is 60.2 Å². The molecule has 0 aromatic heterocycles. The van der Waals surface area contributed by atoms with Crippen LogP contribution in [0.15, 0.2) is 12.2 Å². The first kappa shape index (κ1) is 22.9. The van der Waals surface area contributed by atoms with Crippen LogP contribution < -0.4 is 0 Å². The summed E-state index contributed by atoms with van der Waals surface area (Å²) in [7, 11) is 0. The first-order valence-electron chi connectivity index (χ1n) is 13.6. The Morgan fingerprint density at radius 1 is 0.867 bits per heavy atom. The summed E-state index contributed by atoms with van der Waals surface area (Å²) in [5, 5.41) is 10.3. The molecular formula is C29H50O. The number of hydrogen-bond donors (Lipinski definition) is 1. The van der Waals surface area contributed by atoms with Gasteiger partial charge >= 0.3 is 0 Å². The molecule has 4 saturated carbocycles. The van der Waals surface area contributed by atoms with Crippen LogP contribution in [0.25, 0.3) is 0 Å². The van der Waals surface area contributed by atoms with Crippen LogP contribution in [0.5, 0.6) is 0 Å². The minimum Gasteiger partial charge on any atom is -0.393 e. The number of rotatable bonds is 5. The Morgan fingerprint density at radius 3 is 2.27 bits per heavy atom. The van der Waals surface area contributed by atoms with E-state index in [1.807, 2.05) is 0 Å². The largest absolute Gasteiger partial charge is 0.393 e. The molecular weight excluding hydrogens is 364 g/mol. The number of fused-ring (bicyclic) bond motifs is 5. The Labute approximate surface area is 187 Å². The molecule has 0 aromatic carbocycles. The van der Waals surface area contributed by atoms with E-state index in [4.69, 9.17) is 0 Å². The van der Waals surface area contributed by atoms with E-state index >= 15 is 0 Å². The van der Waals surface area contributed by atoms with E-state index in [1.165, 1.54) is 51.4 Å². The summed E-state index contributed by atoms with van der Waals surface area (Å²) in [6.07, 6.45) is 18.5. The second-order valence-corrected chi connectivity index (χ2v) is 12.9. The number of aliphatic hydroxyl groups is 1. The smallest absolute Gasteiger partial charge is 0.0543 e. The molecule has 0 saturated heterocycles. The van der Waals surface area contributed by atoms with Gasteiger partial charge in [0, 0.05) is 0 Å². The summed E-state index contributed by atoms with van der Waals surface area (Å²) < 4.78 is 0. The van der Waals surface area contributed by atoms with Crippen molar-refractivity contribution < 1.29 is 5.11 Å². The maximum Gasteiger partial charge on any atom is 0.0543 e. The van der Waals surface area contributed by atoms with Crippen LogP contribution >= 0.6 is 0 Å². The average Bonchev–Trinajstić information content (AvgIpc) is 3.06. The highest BCUT2D eigenvalue weighted by molar-refractivity contribution is 5.11. The molecule has 4 fully saturated rings. The van der Waals surface area contributed by atoms with E-state index < -0.39 is 0 Å². The second kappa shape index (κ2) is 8.57. The zero-order chi connectivity index (χ0) is 21.7. The molecule has 0 heterocycles. The maximum atomic E-state index is 10.3. The molecule has 4 aliphatic carbocycles. The molecule has 1 nitrogen and oxygen atoms in total. The van der Waals surface area contributed by atoms with Crippen LogP contribution in [-0.2, 0) is 0 Å². The fourth-order valence-electron chi connectivity index (χ4n) is 9.42. The van der Waals surface area contributed by atoms with Gasteiger partial charge in [-0.3, -0.25) is 0 Å². The SMILES string of the molecule is CC[C@H](C=C[C@@H](C)C1CCC2C3CCC4C[C@@H](O)CC[C@]4(C)C3CC[C@@]21C)C(C)C. The Bertz CT molecular complexity index is 622. The maximum absolute atomic E-state index is 10.3. The Hall–Kier alpha value is -0.300. The van der Waals surface area contributed by atoms with Gasteiger partial charge in [-0.05, 0) is 122 Å². The molecule has 10 atom stereocenters. The van der Waals surface area contributed by atoms with Crippen LogP contribution in [0.1, 0.15) is 106 Å². The second-order valence-electron chi connectivity index (χ2n) is 12.9. The van der Waals surface area contributed by atoms with E-state index in [2.05, 4.69) is 53.7 Å². The van der Waals surface area contributed by atoms with Crippen molar-refractivity contribution in [2.45, 2.75) is 112 Å². The summed E-state index contributed by atoms with van der Waals surface area (Å²) in [4.78, 5) is 0. The van der Waals surface area contributed by atoms with Crippen molar-refractivity contribution in [3.05, 3.63) is 12.2 Å². The average molecular weight is 415 g/mol. The molecule has 4 rings (SSSR count). The molecule has 1 heteroatoms. The van der Waals surface area contributed by atoms with Crippen molar-refractivity contribution in [2.75, 3.05) is 0 Å². The van der Waals surface area contributed by atoms with Gasteiger partial charge in [-0.25, -0.2) is 0 Å². The summed E-state index contributed by atoms with van der Waals surface area (Å²) >= 11 is 0. The Balaban J connectivity index is 1.49. The third kappa shape index (κ3) is 3.74. The Kier molecular flexibility index (Phi) is 6.53. The van der Waals surface area contributed by atoms with E-state index in [9.17, 15) is 5.11 Å².